The molecule has 2 rings (SSSR count). The van der Waals surface area contributed by atoms with Gasteiger partial charge in [-0.3, -0.25) is 5.10 Å². The maximum atomic E-state index is 11.7. The Balaban J connectivity index is 2.73. The number of nitrogens with two attached hydrogens (primary N) is 1. The van der Waals surface area contributed by atoms with E-state index < -0.39 is 15.1 Å². The first-order valence-corrected chi connectivity index (χ1v) is 8.41. The molecule has 0 aliphatic rings. The lowest BCUT2D eigenvalue weighted by Gasteiger charge is -2.12. The van der Waals surface area contributed by atoms with E-state index in [1.165, 1.54) is 0 Å². The van der Waals surface area contributed by atoms with Gasteiger partial charge in [0.05, 0.1) is 21.3 Å². The minimum absolute atomic E-state index is 0.158. The van der Waals surface area contributed by atoms with Gasteiger partial charge in [0.2, 0.25) is 0 Å². The number of hydrogen-bond donors (Lipinski definition) is 2. The van der Waals surface area contributed by atoms with E-state index in [-0.39, 0.29) is 5.82 Å². The number of aromatic nitrogens is 2. The first-order chi connectivity index (χ1) is 9.23. The van der Waals surface area contributed by atoms with Crippen LogP contribution in [0.5, 0.6) is 0 Å². The van der Waals surface area contributed by atoms with Crippen LogP contribution in [-0.4, -0.2) is 24.9 Å². The molecule has 0 fully saturated rings. The summed E-state index contributed by atoms with van der Waals surface area (Å²) in [5.74, 6) is 0.158. The van der Waals surface area contributed by atoms with E-state index in [9.17, 15) is 8.42 Å². The van der Waals surface area contributed by atoms with Crippen LogP contribution in [0, 0.1) is 0 Å². The minimum Gasteiger partial charge on any atom is -0.382 e. The second-order valence-corrected chi connectivity index (χ2v) is 7.65. The number of H-pyrrole nitrogens is 1. The Morgan fingerprint density at radius 1 is 1.25 bits per heavy atom. The van der Waals surface area contributed by atoms with Crippen molar-refractivity contribution in [2.45, 2.75) is 12.2 Å². The second kappa shape index (κ2) is 5.27. The predicted molar refractivity (Wildman–Crippen MR) is 81.7 cm³/mol. The molecule has 2 aromatic rings. The lowest BCUT2D eigenvalue weighted by atomic mass is 10.0. The molecule has 20 heavy (non-hydrogen) atoms. The molecule has 0 amide bonds. The van der Waals surface area contributed by atoms with Crippen molar-refractivity contribution in [1.82, 2.24) is 10.2 Å². The summed E-state index contributed by atoms with van der Waals surface area (Å²) in [6, 6.07) is 5.01. The van der Waals surface area contributed by atoms with Crippen molar-refractivity contribution >= 4 is 38.9 Å². The SMILES string of the molecule is CC(c1[nH]nc(N)c1-c1c(Cl)cccc1Cl)S(C)(=O)=O. The highest BCUT2D eigenvalue weighted by Crippen LogP contribution is 2.41. The van der Waals surface area contributed by atoms with E-state index in [0.29, 0.717) is 26.9 Å². The van der Waals surface area contributed by atoms with Gasteiger partial charge >= 0.3 is 0 Å². The molecule has 3 N–H and O–H groups in total. The highest BCUT2D eigenvalue weighted by Gasteiger charge is 2.27. The van der Waals surface area contributed by atoms with E-state index in [1.54, 1.807) is 25.1 Å². The number of anilines is 1. The fourth-order valence-electron chi connectivity index (χ4n) is 1.88. The van der Waals surface area contributed by atoms with E-state index in [2.05, 4.69) is 10.2 Å². The monoisotopic (exact) mass is 333 g/mol. The van der Waals surface area contributed by atoms with Gasteiger partial charge in [0.1, 0.15) is 5.25 Å². The molecule has 1 aromatic heterocycles. The number of benzene rings is 1. The molecule has 5 nitrogen and oxygen atoms in total. The molecule has 0 radical (unpaired) electrons. The fourth-order valence-corrected chi connectivity index (χ4v) is 3.06. The van der Waals surface area contributed by atoms with Crippen LogP contribution in [0.3, 0.4) is 0 Å². The fraction of sp³-hybridized carbons (Fsp3) is 0.250. The highest BCUT2D eigenvalue weighted by atomic mass is 35.5. The second-order valence-electron chi connectivity index (χ2n) is 4.47. The molecular weight excluding hydrogens is 321 g/mol. The van der Waals surface area contributed by atoms with Gasteiger partial charge in [-0.2, -0.15) is 5.10 Å². The molecule has 0 spiro atoms. The number of rotatable bonds is 3. The zero-order valence-corrected chi connectivity index (χ0v) is 13.1. The predicted octanol–water partition coefficient (Wildman–Crippen LogP) is 3.07. The molecule has 0 saturated heterocycles. The number of nitrogens with one attached hydrogen (secondary N) is 1. The summed E-state index contributed by atoms with van der Waals surface area (Å²) >= 11 is 12.3. The van der Waals surface area contributed by atoms with Crippen molar-refractivity contribution in [3.63, 3.8) is 0 Å². The number of hydrogen-bond acceptors (Lipinski definition) is 4. The molecule has 108 valence electrons. The van der Waals surface area contributed by atoms with E-state index in [1.807, 2.05) is 0 Å². The molecule has 0 saturated carbocycles. The summed E-state index contributed by atoms with van der Waals surface area (Å²) in [4.78, 5) is 0. The number of sulfone groups is 1. The van der Waals surface area contributed by atoms with Crippen molar-refractivity contribution in [3.8, 4) is 11.1 Å². The van der Waals surface area contributed by atoms with E-state index >= 15 is 0 Å². The summed E-state index contributed by atoms with van der Waals surface area (Å²) in [5, 5.41) is 6.51. The topological polar surface area (TPSA) is 88.8 Å². The lowest BCUT2D eigenvalue weighted by Crippen LogP contribution is -2.09. The summed E-state index contributed by atoms with van der Waals surface area (Å²) in [5.41, 5.74) is 7.12. The van der Waals surface area contributed by atoms with E-state index in [0.717, 1.165) is 6.26 Å². The van der Waals surface area contributed by atoms with Crippen LogP contribution in [0.15, 0.2) is 18.2 Å². The quantitative estimate of drug-likeness (QED) is 0.903. The molecule has 8 heteroatoms. The third kappa shape index (κ3) is 2.63. The van der Waals surface area contributed by atoms with E-state index in [4.69, 9.17) is 28.9 Å². The first-order valence-electron chi connectivity index (χ1n) is 5.70. The number of halogens is 2. The van der Waals surface area contributed by atoms with Crippen molar-refractivity contribution in [3.05, 3.63) is 33.9 Å². The van der Waals surface area contributed by atoms with Crippen LogP contribution in [-0.2, 0) is 9.84 Å². The normalized spacial score (nSPS) is 13.4. The van der Waals surface area contributed by atoms with Gasteiger partial charge in [-0.15, -0.1) is 0 Å². The van der Waals surface area contributed by atoms with Crippen LogP contribution in [0.1, 0.15) is 17.9 Å². The molecular formula is C12H13Cl2N3O2S. The Hall–Kier alpha value is -1.24. The van der Waals surface area contributed by atoms with Crippen molar-refractivity contribution in [2.24, 2.45) is 0 Å². The maximum Gasteiger partial charge on any atom is 0.155 e. The minimum atomic E-state index is -3.31. The molecule has 0 aliphatic carbocycles. The summed E-state index contributed by atoms with van der Waals surface area (Å²) in [6.07, 6.45) is 1.15. The summed E-state index contributed by atoms with van der Waals surface area (Å²) in [6.45, 7) is 1.55. The van der Waals surface area contributed by atoms with Crippen LogP contribution >= 0.6 is 23.2 Å². The van der Waals surface area contributed by atoms with Crippen molar-refractivity contribution in [2.75, 3.05) is 12.0 Å². The van der Waals surface area contributed by atoms with Crippen LogP contribution in [0.2, 0.25) is 10.0 Å². The molecule has 1 unspecified atom stereocenters. The maximum absolute atomic E-state index is 11.7. The van der Waals surface area contributed by atoms with Gasteiger partial charge in [0.25, 0.3) is 0 Å². The van der Waals surface area contributed by atoms with Gasteiger partial charge in [-0.25, -0.2) is 8.42 Å². The Labute approximate surface area is 127 Å². The molecule has 0 bridgehead atoms. The Bertz CT molecular complexity index is 736. The van der Waals surface area contributed by atoms with Crippen molar-refractivity contribution in [1.29, 1.82) is 0 Å². The van der Waals surface area contributed by atoms with Crippen LogP contribution < -0.4 is 5.73 Å². The average Bonchev–Trinajstić information content (AvgIpc) is 2.69. The smallest absolute Gasteiger partial charge is 0.155 e. The third-order valence-electron chi connectivity index (χ3n) is 3.08. The van der Waals surface area contributed by atoms with Gasteiger partial charge < -0.3 is 5.73 Å². The number of aromatic amines is 1. The van der Waals surface area contributed by atoms with Gasteiger partial charge in [0.15, 0.2) is 15.7 Å². The summed E-state index contributed by atoms with van der Waals surface area (Å²) < 4.78 is 23.5. The molecule has 0 aliphatic heterocycles. The van der Waals surface area contributed by atoms with Crippen molar-refractivity contribution < 1.29 is 8.42 Å². The zero-order valence-electron chi connectivity index (χ0n) is 10.8. The molecule has 1 heterocycles. The lowest BCUT2D eigenvalue weighted by molar-refractivity contribution is 0.591. The summed E-state index contributed by atoms with van der Waals surface area (Å²) in [7, 11) is -3.31. The van der Waals surface area contributed by atoms with Crippen LogP contribution in [0.4, 0.5) is 5.82 Å². The molecule has 1 atom stereocenters. The van der Waals surface area contributed by atoms with Gasteiger partial charge in [-0.05, 0) is 19.1 Å². The highest BCUT2D eigenvalue weighted by molar-refractivity contribution is 7.90. The molecule has 1 aromatic carbocycles. The van der Waals surface area contributed by atoms with Gasteiger partial charge in [0, 0.05) is 11.8 Å². The first kappa shape index (κ1) is 15.2. The largest absolute Gasteiger partial charge is 0.382 e. The number of nitrogens with zero attached hydrogens (tertiary/aromatic N) is 1. The van der Waals surface area contributed by atoms with Gasteiger partial charge in [-0.1, -0.05) is 29.3 Å². The Morgan fingerprint density at radius 3 is 2.30 bits per heavy atom. The average molecular weight is 334 g/mol. The number of nitrogen functional groups attached to an aromatic ring is 1. The Kier molecular flexibility index (Phi) is 4.00. The third-order valence-corrected chi connectivity index (χ3v) is 5.23. The standard InChI is InChI=1S/C12H13Cl2N3O2S/c1-6(20(2,18)19)11-10(12(15)17-16-11)9-7(13)4-3-5-8(9)14/h3-6H,1-2H3,(H3,15,16,17). The zero-order chi connectivity index (χ0) is 15.1. The van der Waals surface area contributed by atoms with Crippen LogP contribution in [0.25, 0.3) is 11.1 Å². The Morgan fingerprint density at radius 2 is 1.80 bits per heavy atom.